The summed E-state index contributed by atoms with van der Waals surface area (Å²) in [5.74, 6) is -0.665. The van der Waals surface area contributed by atoms with Crippen molar-refractivity contribution in [3.05, 3.63) is 57.9 Å². The molecule has 1 aliphatic heterocycles. The Labute approximate surface area is 180 Å². The molecule has 4 rings (SSSR count). The van der Waals surface area contributed by atoms with Gasteiger partial charge < -0.3 is 19.4 Å². The highest BCUT2D eigenvalue weighted by Gasteiger charge is 2.41. The van der Waals surface area contributed by atoms with Gasteiger partial charge in [0.15, 0.2) is 5.78 Å². The van der Waals surface area contributed by atoms with Crippen molar-refractivity contribution in [3.8, 4) is 22.6 Å². The van der Waals surface area contributed by atoms with Gasteiger partial charge in [0, 0.05) is 29.5 Å². The number of hydrogen-bond donors (Lipinski definition) is 2. The largest absolute Gasteiger partial charge is 0.506 e. The third-order valence-electron chi connectivity index (χ3n) is 6.04. The normalized spacial score (nSPS) is 16.7. The Kier molecular flexibility index (Phi) is 5.13. The molecule has 0 aliphatic carbocycles. The van der Waals surface area contributed by atoms with Gasteiger partial charge in [-0.15, -0.1) is 0 Å². The number of carbonyl (C=O) groups excluding carboxylic acids is 1. The van der Waals surface area contributed by atoms with Crippen LogP contribution in [0.5, 0.6) is 11.5 Å². The van der Waals surface area contributed by atoms with Crippen LogP contribution in [-0.2, 0) is 6.42 Å². The van der Waals surface area contributed by atoms with Gasteiger partial charge in [0.2, 0.25) is 0 Å². The summed E-state index contributed by atoms with van der Waals surface area (Å²) in [4.78, 5) is 25.7. The molecule has 0 fully saturated rings. The van der Waals surface area contributed by atoms with E-state index in [4.69, 9.17) is 9.15 Å². The van der Waals surface area contributed by atoms with Crippen molar-refractivity contribution in [1.82, 2.24) is 0 Å². The molecule has 0 radical (unpaired) electrons. The lowest BCUT2D eigenvalue weighted by Crippen LogP contribution is -2.39. The van der Waals surface area contributed by atoms with Gasteiger partial charge in [0.05, 0.1) is 11.0 Å². The fourth-order valence-corrected chi connectivity index (χ4v) is 4.01. The van der Waals surface area contributed by atoms with E-state index < -0.39 is 17.3 Å². The average Bonchev–Trinajstić information content (AvgIpc) is 3.19. The lowest BCUT2D eigenvalue weighted by molar-refractivity contribution is -0.0232. The summed E-state index contributed by atoms with van der Waals surface area (Å²) >= 11 is 0. The summed E-state index contributed by atoms with van der Waals surface area (Å²) in [6, 6.07) is 10.5. The number of aromatic hydroxyl groups is 1. The Bertz CT molecular complexity index is 1220. The summed E-state index contributed by atoms with van der Waals surface area (Å²) < 4.78 is 11.5. The molecular formula is C25H26O6. The van der Waals surface area contributed by atoms with Crippen LogP contribution >= 0.6 is 0 Å². The van der Waals surface area contributed by atoms with Crippen LogP contribution in [0.15, 0.2) is 45.6 Å². The van der Waals surface area contributed by atoms with E-state index in [-0.39, 0.29) is 40.8 Å². The Morgan fingerprint density at radius 3 is 2.55 bits per heavy atom. The molecule has 3 aromatic rings. The van der Waals surface area contributed by atoms with Crippen molar-refractivity contribution in [3.63, 3.8) is 0 Å². The molecule has 1 aliphatic rings. The first-order valence-electron chi connectivity index (χ1n) is 10.5. The summed E-state index contributed by atoms with van der Waals surface area (Å²) in [6.07, 6.45) is 0.189. The summed E-state index contributed by atoms with van der Waals surface area (Å²) in [5, 5.41) is 22.2. The third-order valence-corrected chi connectivity index (χ3v) is 6.04. The maximum absolute atomic E-state index is 13.3. The van der Waals surface area contributed by atoms with Crippen LogP contribution in [0.3, 0.4) is 0 Å². The second kappa shape index (κ2) is 7.54. The number of rotatable bonds is 5. The monoisotopic (exact) mass is 422 g/mol. The van der Waals surface area contributed by atoms with Gasteiger partial charge in [-0.1, -0.05) is 44.2 Å². The van der Waals surface area contributed by atoms with E-state index in [0.29, 0.717) is 22.9 Å². The Morgan fingerprint density at radius 2 is 1.94 bits per heavy atom. The lowest BCUT2D eigenvalue weighted by atomic mass is 9.89. The molecule has 2 atom stereocenters. The highest BCUT2D eigenvalue weighted by Crippen LogP contribution is 2.49. The highest BCUT2D eigenvalue weighted by molar-refractivity contribution is 6.12. The topological polar surface area (TPSA) is 97.0 Å². The van der Waals surface area contributed by atoms with Gasteiger partial charge in [-0.25, -0.2) is 4.79 Å². The molecule has 2 heterocycles. The molecular weight excluding hydrogens is 396 g/mol. The molecule has 0 unspecified atom stereocenters. The van der Waals surface area contributed by atoms with E-state index in [0.717, 1.165) is 5.56 Å². The first-order chi connectivity index (χ1) is 14.6. The molecule has 31 heavy (non-hydrogen) atoms. The van der Waals surface area contributed by atoms with Crippen LogP contribution in [0.25, 0.3) is 22.1 Å². The second-order valence-electron chi connectivity index (χ2n) is 8.72. The maximum Gasteiger partial charge on any atom is 0.336 e. The summed E-state index contributed by atoms with van der Waals surface area (Å²) in [5.41, 5.74) is 0.213. The van der Waals surface area contributed by atoms with Crippen molar-refractivity contribution in [2.24, 2.45) is 5.92 Å². The molecule has 2 N–H and O–H groups in total. The van der Waals surface area contributed by atoms with Crippen LogP contribution in [-0.4, -0.2) is 27.7 Å². The minimum Gasteiger partial charge on any atom is -0.506 e. The minimum atomic E-state index is -1.20. The molecule has 6 heteroatoms. The molecule has 0 spiro atoms. The Balaban J connectivity index is 2.11. The highest BCUT2D eigenvalue weighted by atomic mass is 16.5. The van der Waals surface area contributed by atoms with Gasteiger partial charge in [-0.05, 0) is 25.8 Å². The number of fused-ring (bicyclic) bond motifs is 3. The van der Waals surface area contributed by atoms with E-state index in [1.165, 1.54) is 6.07 Å². The number of phenolic OH excluding ortho intramolecular Hbond substituents is 1. The first-order valence-corrected chi connectivity index (χ1v) is 10.5. The number of ether oxygens (including phenoxy) is 1. The second-order valence-corrected chi connectivity index (χ2v) is 8.72. The fourth-order valence-electron chi connectivity index (χ4n) is 4.01. The van der Waals surface area contributed by atoms with Gasteiger partial charge in [-0.2, -0.15) is 0 Å². The standard InChI is InChI=1S/C25H26O6/c1-5-13(2)21(27)20-22(28)19-15(14-9-7-6-8-10-14)12-18(26)31-23(19)16-11-17(25(3,4)29)30-24(16)20/h6-10,12-13,17,28-29H,5,11H2,1-4H3/t13-,17+/m1/s1. The van der Waals surface area contributed by atoms with E-state index in [1.807, 2.05) is 37.3 Å². The predicted molar refractivity (Wildman–Crippen MR) is 118 cm³/mol. The van der Waals surface area contributed by atoms with Crippen LogP contribution in [0.2, 0.25) is 0 Å². The van der Waals surface area contributed by atoms with Crippen LogP contribution < -0.4 is 10.4 Å². The van der Waals surface area contributed by atoms with Crippen LogP contribution in [0.4, 0.5) is 0 Å². The number of benzene rings is 2. The van der Waals surface area contributed by atoms with E-state index in [9.17, 15) is 19.8 Å². The summed E-state index contributed by atoms with van der Waals surface area (Å²) in [6.45, 7) is 6.93. The Hall–Kier alpha value is -3.12. The van der Waals surface area contributed by atoms with Crippen molar-refractivity contribution >= 4 is 16.8 Å². The number of hydrogen-bond acceptors (Lipinski definition) is 6. The van der Waals surface area contributed by atoms with E-state index >= 15 is 0 Å². The smallest absolute Gasteiger partial charge is 0.336 e. The van der Waals surface area contributed by atoms with Crippen molar-refractivity contribution < 1.29 is 24.2 Å². The van der Waals surface area contributed by atoms with Crippen molar-refractivity contribution in [2.45, 2.75) is 52.2 Å². The Morgan fingerprint density at radius 1 is 1.26 bits per heavy atom. The molecule has 6 nitrogen and oxygen atoms in total. The molecule has 0 saturated carbocycles. The lowest BCUT2D eigenvalue weighted by Gasteiger charge is -2.25. The van der Waals surface area contributed by atoms with Gasteiger partial charge in [0.25, 0.3) is 0 Å². The maximum atomic E-state index is 13.3. The summed E-state index contributed by atoms with van der Waals surface area (Å²) in [7, 11) is 0. The molecule has 0 saturated heterocycles. The van der Waals surface area contributed by atoms with E-state index in [1.54, 1.807) is 20.8 Å². The number of carbonyl (C=O) groups is 1. The first kappa shape index (κ1) is 21.1. The molecule has 162 valence electrons. The molecule has 0 amide bonds. The zero-order chi connectivity index (χ0) is 22.5. The minimum absolute atomic E-state index is 0.0784. The van der Waals surface area contributed by atoms with Crippen molar-refractivity contribution in [1.29, 1.82) is 0 Å². The number of Topliss-reactive ketones (excluding diaryl/α,β-unsaturated/α-hetero) is 1. The average molecular weight is 422 g/mol. The number of aliphatic hydroxyl groups is 1. The van der Waals surface area contributed by atoms with E-state index in [2.05, 4.69) is 0 Å². The molecule has 1 aromatic heterocycles. The predicted octanol–water partition coefficient (Wildman–Crippen LogP) is 4.47. The van der Waals surface area contributed by atoms with Crippen LogP contribution in [0, 0.1) is 5.92 Å². The van der Waals surface area contributed by atoms with Gasteiger partial charge in [0.1, 0.15) is 28.7 Å². The third kappa shape index (κ3) is 3.51. The van der Waals surface area contributed by atoms with Gasteiger partial charge >= 0.3 is 5.63 Å². The fraction of sp³-hybridized carbons (Fsp3) is 0.360. The molecule has 2 aromatic carbocycles. The quantitative estimate of drug-likeness (QED) is 0.465. The van der Waals surface area contributed by atoms with Crippen LogP contribution in [0.1, 0.15) is 50.0 Å². The zero-order valence-corrected chi connectivity index (χ0v) is 18.1. The number of phenols is 1. The molecule has 0 bridgehead atoms. The number of ketones is 1. The van der Waals surface area contributed by atoms with Gasteiger partial charge in [-0.3, -0.25) is 4.79 Å². The van der Waals surface area contributed by atoms with Crippen molar-refractivity contribution in [2.75, 3.05) is 0 Å². The zero-order valence-electron chi connectivity index (χ0n) is 18.1. The SMILES string of the molecule is CC[C@@H](C)C(=O)c1c2c(c3oc(=O)cc(-c4ccccc4)c3c1O)C[C@@H](C(C)(C)O)O2.